The number of para-hydroxylation sites is 1. The van der Waals surface area contributed by atoms with E-state index in [0.29, 0.717) is 23.1 Å². The molecule has 0 spiro atoms. The van der Waals surface area contributed by atoms with E-state index in [1.165, 1.54) is 17.1 Å². The maximum Gasteiger partial charge on any atom is 0.360 e. The quantitative estimate of drug-likeness (QED) is 0.194. The largest absolute Gasteiger partial charge is 0.461 e. The first-order valence-corrected chi connectivity index (χ1v) is 12.9. The van der Waals surface area contributed by atoms with E-state index in [0.717, 1.165) is 35.7 Å². The van der Waals surface area contributed by atoms with Gasteiger partial charge in [0, 0.05) is 23.8 Å². The lowest BCUT2D eigenvalue weighted by atomic mass is 10.0. The van der Waals surface area contributed by atoms with Crippen LogP contribution in [0.1, 0.15) is 67.8 Å². The Morgan fingerprint density at radius 2 is 2.05 bits per heavy atom. The van der Waals surface area contributed by atoms with Crippen LogP contribution in [-0.4, -0.2) is 54.8 Å². The zero-order chi connectivity index (χ0) is 26.6. The molecule has 5 rings (SSSR count). The lowest BCUT2D eigenvalue weighted by Gasteiger charge is -2.24. The summed E-state index contributed by atoms with van der Waals surface area (Å²) in [6.07, 6.45) is 7.61. The minimum absolute atomic E-state index is 0.0308. The molecule has 196 valence electrons. The normalized spacial score (nSPS) is 14.6. The number of fused-ring (bicyclic) bond motifs is 1. The van der Waals surface area contributed by atoms with Gasteiger partial charge in [0.15, 0.2) is 11.5 Å². The lowest BCUT2D eigenvalue weighted by molar-refractivity contribution is 0.0519. The van der Waals surface area contributed by atoms with E-state index in [1.807, 2.05) is 24.4 Å². The number of rotatable bonds is 11. The van der Waals surface area contributed by atoms with Crippen LogP contribution in [0.4, 0.5) is 11.5 Å². The number of pyridine rings is 1. The van der Waals surface area contributed by atoms with Crippen LogP contribution in [0.2, 0.25) is 0 Å². The molecule has 11 nitrogen and oxygen atoms in total. The topological polar surface area (TPSA) is 144 Å². The summed E-state index contributed by atoms with van der Waals surface area (Å²) in [4.78, 5) is 26.1. The first kappa shape index (κ1) is 25.2. The van der Waals surface area contributed by atoms with Crippen molar-refractivity contribution in [1.82, 2.24) is 29.9 Å². The third-order valence-electron chi connectivity index (χ3n) is 6.60. The van der Waals surface area contributed by atoms with Crippen molar-refractivity contribution < 1.29 is 9.53 Å². The molecule has 3 heterocycles. The molecule has 1 aromatic carbocycles. The third kappa shape index (κ3) is 5.31. The van der Waals surface area contributed by atoms with Gasteiger partial charge in [-0.1, -0.05) is 30.3 Å². The van der Waals surface area contributed by atoms with E-state index in [9.17, 15) is 4.79 Å². The van der Waals surface area contributed by atoms with Crippen LogP contribution in [0.25, 0.3) is 16.9 Å². The molecule has 0 aliphatic heterocycles. The van der Waals surface area contributed by atoms with Gasteiger partial charge in [-0.25, -0.2) is 9.78 Å². The summed E-state index contributed by atoms with van der Waals surface area (Å²) >= 11 is 0. The predicted molar refractivity (Wildman–Crippen MR) is 145 cm³/mol. The van der Waals surface area contributed by atoms with Crippen LogP contribution in [-0.2, 0) is 4.74 Å². The second kappa shape index (κ2) is 10.9. The van der Waals surface area contributed by atoms with E-state index in [2.05, 4.69) is 56.9 Å². The molecule has 3 aromatic heterocycles. The second-order valence-electron chi connectivity index (χ2n) is 9.42. The van der Waals surface area contributed by atoms with Gasteiger partial charge < -0.3 is 20.8 Å². The van der Waals surface area contributed by atoms with Gasteiger partial charge in [0.25, 0.3) is 5.95 Å². The average molecular weight is 514 g/mol. The summed E-state index contributed by atoms with van der Waals surface area (Å²) < 4.78 is 6.35. The number of carbonyl (C=O) groups is 1. The number of nitrogens with zero attached hydrogens (tertiary/aromatic N) is 6. The molecule has 3 N–H and O–H groups in total. The molecule has 0 saturated heterocycles. The fourth-order valence-corrected chi connectivity index (χ4v) is 4.24. The second-order valence-corrected chi connectivity index (χ2v) is 9.42. The zero-order valence-electron chi connectivity index (χ0n) is 21.7. The standard InChI is InChI=1S/C27H31N9O2/c1-4-16(3)30-24-21(13-28)31-27(36-15-22(34-35-36)26(37)38-5-2)33-25(24)32-23(17-10-11-17)19-12-18-8-6-7-9-20(18)29-14-19/h6-9,12-17,23,28,30H,4-5,10-11H2,1-3H3,(H,31,32,33)/t16?,23-/m1/s1. The molecule has 1 saturated carbocycles. The number of hydrogen-bond donors (Lipinski definition) is 3. The van der Waals surface area contributed by atoms with Crippen molar-refractivity contribution in [2.45, 2.75) is 52.1 Å². The van der Waals surface area contributed by atoms with Gasteiger partial charge >= 0.3 is 5.97 Å². The van der Waals surface area contributed by atoms with Crippen LogP contribution in [0.3, 0.4) is 0 Å². The Labute approximate surface area is 220 Å². The Morgan fingerprint density at radius 1 is 1.24 bits per heavy atom. The van der Waals surface area contributed by atoms with Gasteiger partial charge in [-0.3, -0.25) is 4.98 Å². The highest BCUT2D eigenvalue weighted by molar-refractivity contribution is 5.89. The van der Waals surface area contributed by atoms with Crippen molar-refractivity contribution in [2.24, 2.45) is 5.92 Å². The van der Waals surface area contributed by atoms with Crippen molar-refractivity contribution in [3.63, 3.8) is 0 Å². The molecule has 1 aliphatic carbocycles. The summed E-state index contributed by atoms with van der Waals surface area (Å²) in [5.74, 6) is 0.594. The molecule has 0 bridgehead atoms. The molecule has 1 aliphatic rings. The fourth-order valence-electron chi connectivity index (χ4n) is 4.24. The van der Waals surface area contributed by atoms with Gasteiger partial charge in [-0.05, 0) is 56.7 Å². The maximum absolute atomic E-state index is 12.1. The average Bonchev–Trinajstić information content (AvgIpc) is 3.66. The first-order chi connectivity index (χ1) is 18.5. The number of anilines is 2. The molecular formula is C27H31N9O2. The smallest absolute Gasteiger partial charge is 0.360 e. The zero-order valence-corrected chi connectivity index (χ0v) is 21.7. The number of aromatic nitrogens is 6. The van der Waals surface area contributed by atoms with Crippen LogP contribution >= 0.6 is 0 Å². The van der Waals surface area contributed by atoms with Crippen LogP contribution in [0.5, 0.6) is 0 Å². The number of benzene rings is 1. The van der Waals surface area contributed by atoms with Crippen LogP contribution in [0, 0.1) is 11.3 Å². The molecule has 1 fully saturated rings. The summed E-state index contributed by atoms with van der Waals surface area (Å²) in [7, 11) is 0. The van der Waals surface area contributed by atoms with Crippen molar-refractivity contribution >= 4 is 34.6 Å². The molecule has 0 radical (unpaired) electrons. The number of carbonyl (C=O) groups excluding carboxylic acids is 1. The lowest BCUT2D eigenvalue weighted by Crippen LogP contribution is -2.22. The van der Waals surface area contributed by atoms with E-state index in [1.54, 1.807) is 6.92 Å². The molecule has 4 aromatic rings. The summed E-state index contributed by atoms with van der Waals surface area (Å²) in [6, 6.07) is 10.3. The Kier molecular flexibility index (Phi) is 7.25. The predicted octanol–water partition coefficient (Wildman–Crippen LogP) is 4.55. The highest BCUT2D eigenvalue weighted by Crippen LogP contribution is 2.44. The van der Waals surface area contributed by atoms with Crippen molar-refractivity contribution in [3.8, 4) is 5.95 Å². The van der Waals surface area contributed by atoms with Gasteiger partial charge in [0.2, 0.25) is 0 Å². The van der Waals surface area contributed by atoms with Crippen LogP contribution < -0.4 is 10.6 Å². The minimum Gasteiger partial charge on any atom is -0.461 e. The molecule has 38 heavy (non-hydrogen) atoms. The van der Waals surface area contributed by atoms with Crippen molar-refractivity contribution in [3.05, 3.63) is 59.7 Å². The number of hydrogen-bond acceptors (Lipinski definition) is 10. The summed E-state index contributed by atoms with van der Waals surface area (Å²) in [6.45, 7) is 6.12. The third-order valence-corrected chi connectivity index (χ3v) is 6.60. The first-order valence-electron chi connectivity index (χ1n) is 12.9. The van der Waals surface area contributed by atoms with E-state index in [-0.39, 0.29) is 30.3 Å². The van der Waals surface area contributed by atoms with Gasteiger partial charge in [0.05, 0.1) is 24.4 Å². The van der Waals surface area contributed by atoms with E-state index < -0.39 is 5.97 Å². The number of esters is 1. The molecular weight excluding hydrogens is 482 g/mol. The Hall–Kier alpha value is -4.41. The van der Waals surface area contributed by atoms with E-state index >= 15 is 0 Å². The highest BCUT2D eigenvalue weighted by atomic mass is 16.5. The van der Waals surface area contributed by atoms with Crippen LogP contribution in [0.15, 0.2) is 42.7 Å². The Morgan fingerprint density at radius 3 is 2.79 bits per heavy atom. The van der Waals surface area contributed by atoms with Gasteiger partial charge in [-0.15, -0.1) is 5.10 Å². The molecule has 2 atom stereocenters. The van der Waals surface area contributed by atoms with Gasteiger partial charge in [-0.2, -0.15) is 9.67 Å². The minimum atomic E-state index is -0.572. The molecule has 11 heteroatoms. The summed E-state index contributed by atoms with van der Waals surface area (Å²) in [5, 5.41) is 24.2. The number of ether oxygens (including phenoxy) is 1. The van der Waals surface area contributed by atoms with Crippen molar-refractivity contribution in [2.75, 3.05) is 17.2 Å². The van der Waals surface area contributed by atoms with Crippen molar-refractivity contribution in [1.29, 1.82) is 5.41 Å². The maximum atomic E-state index is 12.1. The van der Waals surface area contributed by atoms with Gasteiger partial charge in [0.1, 0.15) is 11.4 Å². The molecule has 1 unspecified atom stereocenters. The Bertz CT molecular complexity index is 1460. The Balaban J connectivity index is 1.57. The monoisotopic (exact) mass is 513 g/mol. The highest BCUT2D eigenvalue weighted by Gasteiger charge is 2.34. The molecule has 0 amide bonds. The fraction of sp³-hybridized carbons (Fsp3) is 0.370. The summed E-state index contributed by atoms with van der Waals surface area (Å²) in [5.41, 5.74) is 3.12. The SMILES string of the molecule is CCOC(=O)c1cn(-c2nc(C=N)c(NC(C)CC)c(N[C@@H](c3cnc4ccccc4c3)C3CC3)n2)nn1. The number of nitrogens with one attached hydrogen (secondary N) is 3. The van der Waals surface area contributed by atoms with E-state index in [4.69, 9.17) is 15.1 Å².